The molecule has 0 saturated heterocycles. The molecule has 7 heteroatoms. The third-order valence-corrected chi connectivity index (χ3v) is 4.28. The van der Waals surface area contributed by atoms with Gasteiger partial charge in [0, 0.05) is 35.0 Å². The normalized spacial score (nSPS) is 13.5. The number of nitrogens with two attached hydrogens (primary N) is 1. The van der Waals surface area contributed by atoms with Crippen molar-refractivity contribution in [3.63, 3.8) is 0 Å². The van der Waals surface area contributed by atoms with Crippen LogP contribution in [0.2, 0.25) is 0 Å². The first-order chi connectivity index (χ1) is 7.81. The van der Waals surface area contributed by atoms with Gasteiger partial charge in [0.05, 0.1) is 4.90 Å². The topological polar surface area (TPSA) is 89.3 Å². The van der Waals surface area contributed by atoms with E-state index >= 15 is 0 Å². The van der Waals surface area contributed by atoms with E-state index in [-0.39, 0.29) is 11.4 Å². The van der Waals surface area contributed by atoms with E-state index in [0.717, 1.165) is 5.56 Å². The van der Waals surface area contributed by atoms with Crippen LogP contribution in [0.3, 0.4) is 0 Å². The molecule has 0 aromatic heterocycles. The molecule has 1 aromatic rings. The number of nitrogen functional groups attached to an aromatic ring is 1. The smallest absolute Gasteiger partial charge is 0.240 e. The highest BCUT2D eigenvalue weighted by atomic mass is 32.2. The van der Waals surface area contributed by atoms with Crippen molar-refractivity contribution in [3.8, 4) is 0 Å². The van der Waals surface area contributed by atoms with Crippen LogP contribution in [-0.4, -0.2) is 31.2 Å². The van der Waals surface area contributed by atoms with Crippen molar-refractivity contribution < 1.29 is 12.6 Å². The predicted molar refractivity (Wildman–Crippen MR) is 69.7 cm³/mol. The van der Waals surface area contributed by atoms with Gasteiger partial charge in [-0.15, -0.1) is 0 Å². The summed E-state index contributed by atoms with van der Waals surface area (Å²) in [6.45, 7) is 1.93. The maximum atomic E-state index is 11.9. The van der Waals surface area contributed by atoms with Crippen molar-refractivity contribution in [1.29, 1.82) is 0 Å². The Kier molecular flexibility index (Phi) is 4.67. The molecule has 0 saturated carbocycles. The summed E-state index contributed by atoms with van der Waals surface area (Å²) in [5.41, 5.74) is 6.78. The Morgan fingerprint density at radius 1 is 1.35 bits per heavy atom. The highest BCUT2D eigenvalue weighted by Crippen LogP contribution is 2.15. The molecule has 0 radical (unpaired) electrons. The van der Waals surface area contributed by atoms with Crippen molar-refractivity contribution in [2.75, 3.05) is 24.3 Å². The summed E-state index contributed by atoms with van der Waals surface area (Å²) in [5, 5.41) is 0. The van der Waals surface area contributed by atoms with Gasteiger partial charge in [-0.3, -0.25) is 4.21 Å². The van der Waals surface area contributed by atoms with Crippen molar-refractivity contribution in [3.05, 3.63) is 23.8 Å². The van der Waals surface area contributed by atoms with Crippen LogP contribution in [0.4, 0.5) is 5.69 Å². The first-order valence-corrected chi connectivity index (χ1v) is 8.19. The summed E-state index contributed by atoms with van der Waals surface area (Å²) >= 11 is 0. The lowest BCUT2D eigenvalue weighted by Gasteiger charge is -2.07. The molecule has 1 rings (SSSR count). The van der Waals surface area contributed by atoms with Crippen molar-refractivity contribution in [2.45, 2.75) is 11.8 Å². The number of aryl methyl sites for hydroxylation is 1. The molecule has 96 valence electrons. The third kappa shape index (κ3) is 4.45. The van der Waals surface area contributed by atoms with Gasteiger partial charge in [-0.05, 0) is 30.7 Å². The van der Waals surface area contributed by atoms with Gasteiger partial charge >= 0.3 is 0 Å². The van der Waals surface area contributed by atoms with E-state index in [4.69, 9.17) is 5.73 Å². The summed E-state index contributed by atoms with van der Waals surface area (Å²) < 4.78 is 36.9. The van der Waals surface area contributed by atoms with E-state index in [0.29, 0.717) is 11.4 Å². The number of benzene rings is 1. The molecule has 17 heavy (non-hydrogen) atoms. The molecule has 1 aromatic carbocycles. The summed E-state index contributed by atoms with van der Waals surface area (Å²) in [6.07, 6.45) is 1.53. The van der Waals surface area contributed by atoms with Gasteiger partial charge in [-0.25, -0.2) is 13.1 Å². The Labute approximate surface area is 104 Å². The summed E-state index contributed by atoms with van der Waals surface area (Å²) in [6, 6.07) is 4.64. The standard InChI is InChI=1S/C10H16N2O3S2/c1-8-5-9(11)7-10(6-8)17(14,15)12-3-4-16(2)13/h5-7,12H,3-4,11H2,1-2H3. The zero-order valence-electron chi connectivity index (χ0n) is 9.76. The lowest BCUT2D eigenvalue weighted by Crippen LogP contribution is -2.27. The maximum absolute atomic E-state index is 11.9. The van der Waals surface area contributed by atoms with Crippen LogP contribution < -0.4 is 10.5 Å². The van der Waals surface area contributed by atoms with Gasteiger partial charge in [0.1, 0.15) is 0 Å². The Hall–Kier alpha value is -0.920. The van der Waals surface area contributed by atoms with Gasteiger partial charge in [0.2, 0.25) is 10.0 Å². The van der Waals surface area contributed by atoms with E-state index in [1.807, 2.05) is 0 Å². The van der Waals surface area contributed by atoms with Gasteiger partial charge < -0.3 is 5.73 Å². The molecule has 0 spiro atoms. The monoisotopic (exact) mass is 276 g/mol. The average Bonchev–Trinajstić information content (AvgIpc) is 2.14. The van der Waals surface area contributed by atoms with Crippen molar-refractivity contribution in [1.82, 2.24) is 4.72 Å². The van der Waals surface area contributed by atoms with Crippen LogP contribution >= 0.6 is 0 Å². The minimum Gasteiger partial charge on any atom is -0.399 e. The first kappa shape index (κ1) is 14.1. The fourth-order valence-corrected chi connectivity index (χ4v) is 3.02. The van der Waals surface area contributed by atoms with Crippen LogP contribution in [0.25, 0.3) is 0 Å². The maximum Gasteiger partial charge on any atom is 0.240 e. The highest BCUT2D eigenvalue weighted by Gasteiger charge is 2.14. The average molecular weight is 276 g/mol. The van der Waals surface area contributed by atoms with E-state index in [1.165, 1.54) is 12.3 Å². The second-order valence-electron chi connectivity index (χ2n) is 3.75. The first-order valence-electron chi connectivity index (χ1n) is 4.98. The Bertz CT molecular complexity index is 506. The number of hydrogen-bond donors (Lipinski definition) is 2. The molecule has 0 bridgehead atoms. The summed E-state index contributed by atoms with van der Waals surface area (Å²) in [5.74, 6) is 0.292. The number of nitrogens with one attached hydrogen (secondary N) is 1. The summed E-state index contributed by atoms with van der Waals surface area (Å²) in [7, 11) is -4.58. The molecule has 3 N–H and O–H groups in total. The zero-order valence-corrected chi connectivity index (χ0v) is 11.4. The van der Waals surface area contributed by atoms with Gasteiger partial charge in [-0.1, -0.05) is 0 Å². The second-order valence-corrected chi connectivity index (χ2v) is 7.08. The second kappa shape index (κ2) is 5.61. The minimum absolute atomic E-state index is 0.136. The van der Waals surface area contributed by atoms with Crippen LogP contribution in [-0.2, 0) is 20.8 Å². The molecule has 0 aliphatic heterocycles. The molecule has 0 amide bonds. The number of rotatable bonds is 5. The molecule has 0 aliphatic carbocycles. The van der Waals surface area contributed by atoms with Gasteiger partial charge in [0.25, 0.3) is 0 Å². The van der Waals surface area contributed by atoms with E-state index in [9.17, 15) is 12.6 Å². The van der Waals surface area contributed by atoms with Crippen LogP contribution in [0, 0.1) is 6.92 Å². The number of sulfonamides is 1. The van der Waals surface area contributed by atoms with Crippen LogP contribution in [0.5, 0.6) is 0 Å². The summed E-state index contributed by atoms with van der Waals surface area (Å²) in [4.78, 5) is 0.136. The Morgan fingerprint density at radius 2 is 2.00 bits per heavy atom. The number of anilines is 1. The van der Waals surface area contributed by atoms with E-state index in [2.05, 4.69) is 4.72 Å². The fourth-order valence-electron chi connectivity index (χ4n) is 1.33. The van der Waals surface area contributed by atoms with E-state index < -0.39 is 20.8 Å². The van der Waals surface area contributed by atoms with Crippen LogP contribution in [0.1, 0.15) is 5.56 Å². The molecule has 1 atom stereocenters. The Morgan fingerprint density at radius 3 is 2.53 bits per heavy atom. The quantitative estimate of drug-likeness (QED) is 0.754. The molecule has 5 nitrogen and oxygen atoms in total. The van der Waals surface area contributed by atoms with E-state index in [1.54, 1.807) is 19.1 Å². The van der Waals surface area contributed by atoms with Crippen molar-refractivity contribution in [2.24, 2.45) is 0 Å². The Balaban J connectivity index is 2.86. The zero-order chi connectivity index (χ0) is 13.1. The van der Waals surface area contributed by atoms with Gasteiger partial charge in [-0.2, -0.15) is 0 Å². The van der Waals surface area contributed by atoms with Crippen LogP contribution in [0.15, 0.2) is 23.1 Å². The highest BCUT2D eigenvalue weighted by molar-refractivity contribution is 7.89. The minimum atomic E-state index is -3.57. The molecule has 0 aliphatic rings. The predicted octanol–water partition coefficient (Wildman–Crippen LogP) is 0.234. The molecular formula is C10H16N2O3S2. The molecular weight excluding hydrogens is 260 g/mol. The SMILES string of the molecule is Cc1cc(N)cc(S(=O)(=O)NCCS(C)=O)c1. The lowest BCUT2D eigenvalue weighted by atomic mass is 10.2. The molecule has 0 fully saturated rings. The lowest BCUT2D eigenvalue weighted by molar-refractivity contribution is 0.584. The van der Waals surface area contributed by atoms with Crippen molar-refractivity contribution >= 4 is 26.5 Å². The molecule has 0 heterocycles. The van der Waals surface area contributed by atoms with Gasteiger partial charge in [0.15, 0.2) is 0 Å². The molecule has 1 unspecified atom stereocenters. The third-order valence-electron chi connectivity index (χ3n) is 2.07. The number of hydrogen-bond acceptors (Lipinski definition) is 4. The fraction of sp³-hybridized carbons (Fsp3) is 0.400. The largest absolute Gasteiger partial charge is 0.399 e.